The Balaban J connectivity index is 0.000000327. The first-order valence-corrected chi connectivity index (χ1v) is 9.37. The van der Waals surface area contributed by atoms with Crippen molar-refractivity contribution >= 4 is 5.97 Å². The number of aromatic amines is 1. The number of nitrogens with zero attached hydrogens (tertiary/aromatic N) is 1. The molecular weight excluding hydrogens is 288 g/mol. The van der Waals surface area contributed by atoms with Crippen molar-refractivity contribution in [1.29, 1.82) is 0 Å². The first kappa shape index (κ1) is 19.7. The molecule has 1 saturated carbocycles. The molecular formula is C19H34N2O2. The summed E-state index contributed by atoms with van der Waals surface area (Å²) in [7, 11) is 0. The number of nitrogens with one attached hydrogen (secondary N) is 1. The van der Waals surface area contributed by atoms with Gasteiger partial charge in [0, 0.05) is 17.2 Å². The summed E-state index contributed by atoms with van der Waals surface area (Å²) in [5.41, 5.74) is 3.24. The lowest BCUT2D eigenvalue weighted by Crippen LogP contribution is -2.10. The number of hydrogen-bond acceptors (Lipinski definition) is 3. The van der Waals surface area contributed by atoms with E-state index in [9.17, 15) is 4.79 Å². The molecule has 2 aliphatic carbocycles. The van der Waals surface area contributed by atoms with Crippen molar-refractivity contribution in [3.63, 3.8) is 0 Å². The topological polar surface area (TPSA) is 55.0 Å². The maximum absolute atomic E-state index is 11.7. The summed E-state index contributed by atoms with van der Waals surface area (Å²) in [6.07, 6.45) is 7.50. The fraction of sp³-hybridized carbons (Fsp3) is 0.789. The fourth-order valence-electron chi connectivity index (χ4n) is 3.39. The van der Waals surface area contributed by atoms with Crippen molar-refractivity contribution in [3.8, 4) is 0 Å². The van der Waals surface area contributed by atoms with Gasteiger partial charge in [-0.05, 0) is 31.6 Å². The number of carbonyl (C=O) groups is 1. The number of esters is 1. The lowest BCUT2D eigenvalue weighted by Gasteiger charge is -2.07. The molecule has 2 aliphatic rings. The van der Waals surface area contributed by atoms with Crippen LogP contribution in [0.25, 0.3) is 0 Å². The van der Waals surface area contributed by atoms with E-state index in [0.29, 0.717) is 23.6 Å². The zero-order chi connectivity index (χ0) is 17.5. The van der Waals surface area contributed by atoms with Crippen molar-refractivity contribution in [2.75, 3.05) is 6.61 Å². The van der Waals surface area contributed by atoms with E-state index >= 15 is 0 Å². The number of H-pyrrole nitrogens is 1. The summed E-state index contributed by atoms with van der Waals surface area (Å²) in [5.74, 6) is 0.329. The first-order chi connectivity index (χ1) is 11.1. The van der Waals surface area contributed by atoms with Crippen LogP contribution < -0.4 is 0 Å². The first-order valence-electron chi connectivity index (χ1n) is 9.37. The maximum atomic E-state index is 11.7. The van der Waals surface area contributed by atoms with E-state index in [0.717, 1.165) is 12.0 Å². The molecule has 1 aromatic heterocycles. The fourth-order valence-corrected chi connectivity index (χ4v) is 3.39. The average Bonchev–Trinajstić information content (AvgIpc) is 2.98. The van der Waals surface area contributed by atoms with Crippen LogP contribution in [-0.2, 0) is 11.2 Å². The second-order valence-corrected chi connectivity index (χ2v) is 6.19. The second-order valence-electron chi connectivity index (χ2n) is 6.19. The third kappa shape index (κ3) is 4.15. The quantitative estimate of drug-likeness (QED) is 0.753. The lowest BCUT2D eigenvalue weighted by atomic mass is 9.98. The minimum absolute atomic E-state index is 0.285. The van der Waals surface area contributed by atoms with Gasteiger partial charge in [-0.15, -0.1) is 0 Å². The Kier molecular flexibility index (Phi) is 7.80. The Morgan fingerprint density at radius 2 is 1.91 bits per heavy atom. The van der Waals surface area contributed by atoms with E-state index in [1.807, 2.05) is 20.8 Å². The van der Waals surface area contributed by atoms with Crippen molar-refractivity contribution in [1.82, 2.24) is 10.2 Å². The number of unbranched alkanes of at least 4 members (excludes halogenated alkanes) is 2. The van der Waals surface area contributed by atoms with Gasteiger partial charge in [0.15, 0.2) is 5.69 Å². The van der Waals surface area contributed by atoms with E-state index in [1.165, 1.54) is 37.8 Å². The molecule has 0 saturated heterocycles. The lowest BCUT2D eigenvalue weighted by molar-refractivity contribution is 0.0518. The minimum atomic E-state index is -0.285. The van der Waals surface area contributed by atoms with E-state index in [-0.39, 0.29) is 5.97 Å². The minimum Gasteiger partial charge on any atom is -0.461 e. The summed E-state index contributed by atoms with van der Waals surface area (Å²) < 4.78 is 5.01. The molecule has 1 N–H and O–H groups in total. The summed E-state index contributed by atoms with van der Waals surface area (Å²) >= 11 is 0. The van der Waals surface area contributed by atoms with Crippen molar-refractivity contribution < 1.29 is 9.53 Å². The molecule has 132 valence electrons. The molecule has 4 heteroatoms. The molecule has 2 atom stereocenters. The number of fused-ring (bicyclic) bond motifs is 3. The van der Waals surface area contributed by atoms with Crippen molar-refractivity contribution in [3.05, 3.63) is 17.0 Å². The smallest absolute Gasteiger partial charge is 0.359 e. The molecule has 3 rings (SSSR count). The summed E-state index contributed by atoms with van der Waals surface area (Å²) in [6, 6.07) is 0. The highest BCUT2D eigenvalue weighted by Crippen LogP contribution is 2.68. The van der Waals surface area contributed by atoms with Gasteiger partial charge in [-0.2, -0.15) is 5.10 Å². The standard InChI is InChI=1S/C12H16N2O2.C5H12.C2H6/c1-3-12-5-7-9(8(12)6-12)13-14-10(7)11(15)16-4-2;1-3-5-4-2;1-2/h8H,3-6H2,1-2H3,(H,13,14);3-5H2,1-2H3;1-2H3/t8-,12-;;/m0../s1. The highest BCUT2D eigenvalue weighted by molar-refractivity contribution is 5.89. The Labute approximate surface area is 141 Å². The molecule has 0 unspecified atom stereocenters. The van der Waals surface area contributed by atoms with Gasteiger partial charge in [-0.3, -0.25) is 5.10 Å². The van der Waals surface area contributed by atoms with E-state index < -0.39 is 0 Å². The zero-order valence-electron chi connectivity index (χ0n) is 15.8. The second kappa shape index (κ2) is 9.09. The van der Waals surface area contributed by atoms with Gasteiger partial charge < -0.3 is 4.74 Å². The number of ether oxygens (including phenoxy) is 1. The van der Waals surface area contributed by atoms with Gasteiger partial charge in [-0.25, -0.2) is 4.79 Å². The molecule has 0 spiro atoms. The molecule has 0 amide bonds. The number of aromatic nitrogens is 2. The predicted octanol–water partition coefficient (Wildman–Crippen LogP) is 5.25. The van der Waals surface area contributed by atoms with Gasteiger partial charge >= 0.3 is 5.97 Å². The van der Waals surface area contributed by atoms with Crippen LogP contribution in [0, 0.1) is 5.41 Å². The highest BCUT2D eigenvalue weighted by atomic mass is 16.5. The Morgan fingerprint density at radius 3 is 2.39 bits per heavy atom. The van der Waals surface area contributed by atoms with Crippen LogP contribution in [0.2, 0.25) is 0 Å². The molecule has 1 fully saturated rings. The molecule has 0 aromatic carbocycles. The third-order valence-corrected chi connectivity index (χ3v) is 4.85. The van der Waals surface area contributed by atoms with E-state index in [1.54, 1.807) is 0 Å². The van der Waals surface area contributed by atoms with Crippen LogP contribution in [0.15, 0.2) is 0 Å². The van der Waals surface area contributed by atoms with Gasteiger partial charge in [0.2, 0.25) is 0 Å². The largest absolute Gasteiger partial charge is 0.461 e. The third-order valence-electron chi connectivity index (χ3n) is 4.85. The summed E-state index contributed by atoms with van der Waals surface area (Å²) in [5, 5.41) is 7.12. The Hall–Kier alpha value is -1.32. The molecule has 4 nitrogen and oxygen atoms in total. The number of carbonyl (C=O) groups excluding carboxylic acids is 1. The average molecular weight is 322 g/mol. The molecule has 23 heavy (non-hydrogen) atoms. The van der Waals surface area contributed by atoms with Gasteiger partial charge in [0.05, 0.1) is 6.61 Å². The Morgan fingerprint density at radius 1 is 1.26 bits per heavy atom. The number of hydrogen-bond donors (Lipinski definition) is 1. The number of rotatable bonds is 5. The molecule has 0 aliphatic heterocycles. The van der Waals surface area contributed by atoms with Crippen molar-refractivity contribution in [2.45, 2.75) is 86.0 Å². The van der Waals surface area contributed by atoms with Gasteiger partial charge in [0.1, 0.15) is 0 Å². The maximum Gasteiger partial charge on any atom is 0.359 e. The zero-order valence-corrected chi connectivity index (χ0v) is 15.8. The van der Waals surface area contributed by atoms with Crippen LogP contribution in [-0.4, -0.2) is 22.8 Å². The van der Waals surface area contributed by atoms with Crippen LogP contribution in [0.3, 0.4) is 0 Å². The van der Waals surface area contributed by atoms with Crippen LogP contribution in [0.5, 0.6) is 0 Å². The van der Waals surface area contributed by atoms with Gasteiger partial charge in [-0.1, -0.05) is 53.9 Å². The Bertz CT molecular complexity index is 494. The SMILES string of the molecule is CC.CCCCC.CCOC(=O)c1n[nH]c2c1C[C@@]1(CC)C[C@@H]21. The van der Waals surface area contributed by atoms with Crippen molar-refractivity contribution in [2.24, 2.45) is 5.41 Å². The van der Waals surface area contributed by atoms with Crippen LogP contribution in [0.4, 0.5) is 0 Å². The molecule has 0 radical (unpaired) electrons. The highest BCUT2D eigenvalue weighted by Gasteiger charge is 2.60. The monoisotopic (exact) mass is 322 g/mol. The van der Waals surface area contributed by atoms with E-state index in [2.05, 4.69) is 31.0 Å². The molecule has 1 heterocycles. The normalized spacial score (nSPS) is 22.8. The summed E-state index contributed by atoms with van der Waals surface area (Å²) in [6.45, 7) is 12.9. The molecule has 0 bridgehead atoms. The van der Waals surface area contributed by atoms with Crippen LogP contribution in [0.1, 0.15) is 101 Å². The predicted molar refractivity (Wildman–Crippen MR) is 94.9 cm³/mol. The van der Waals surface area contributed by atoms with E-state index in [4.69, 9.17) is 4.74 Å². The van der Waals surface area contributed by atoms with Crippen LogP contribution >= 0.6 is 0 Å². The summed E-state index contributed by atoms with van der Waals surface area (Å²) in [4.78, 5) is 11.7. The van der Waals surface area contributed by atoms with Gasteiger partial charge in [0.25, 0.3) is 0 Å². The molecule has 1 aromatic rings.